The summed E-state index contributed by atoms with van der Waals surface area (Å²) in [6.45, 7) is 1.30. The fraction of sp³-hybridized carbons (Fsp3) is 0.167. The minimum absolute atomic E-state index is 0.250. The van der Waals surface area contributed by atoms with Gasteiger partial charge in [-0.1, -0.05) is 35.5 Å². The van der Waals surface area contributed by atoms with Crippen molar-refractivity contribution in [3.63, 3.8) is 0 Å². The zero-order chi connectivity index (χ0) is 18.0. The highest BCUT2D eigenvalue weighted by molar-refractivity contribution is 6.02. The Bertz CT molecular complexity index is 918. The van der Waals surface area contributed by atoms with E-state index in [0.29, 0.717) is 16.7 Å². The number of fused-ring (bicyclic) bond motifs is 1. The Labute approximate surface area is 142 Å². The van der Waals surface area contributed by atoms with Crippen LogP contribution in [0.4, 0.5) is 0 Å². The first-order valence-corrected chi connectivity index (χ1v) is 7.64. The largest absolute Gasteiger partial charge is 0.480 e. The summed E-state index contributed by atoms with van der Waals surface area (Å²) >= 11 is 0. The van der Waals surface area contributed by atoms with Crippen molar-refractivity contribution in [2.24, 2.45) is 0 Å². The van der Waals surface area contributed by atoms with E-state index in [1.54, 1.807) is 12.1 Å². The number of carbonyl (C=O) groups excluding carboxylic acids is 1. The van der Waals surface area contributed by atoms with Gasteiger partial charge in [-0.2, -0.15) is 0 Å². The molecule has 0 saturated carbocycles. The summed E-state index contributed by atoms with van der Waals surface area (Å²) in [4.78, 5) is 23.5. The molecule has 0 fully saturated rings. The molecule has 3 aromatic rings. The fourth-order valence-corrected chi connectivity index (χ4v) is 2.49. The zero-order valence-electron chi connectivity index (χ0n) is 13.3. The first kappa shape index (κ1) is 16.7. The van der Waals surface area contributed by atoms with Crippen LogP contribution in [0.15, 0.2) is 53.1 Å². The van der Waals surface area contributed by atoms with Crippen LogP contribution in [-0.4, -0.2) is 39.4 Å². The molecule has 2 atom stereocenters. The van der Waals surface area contributed by atoms with E-state index < -0.39 is 24.0 Å². The van der Waals surface area contributed by atoms with Crippen LogP contribution in [0.1, 0.15) is 17.3 Å². The molecule has 7 heteroatoms. The zero-order valence-corrected chi connectivity index (χ0v) is 13.3. The highest BCUT2D eigenvalue weighted by Crippen LogP contribution is 2.29. The Hall–Kier alpha value is -3.19. The van der Waals surface area contributed by atoms with Crippen molar-refractivity contribution < 1.29 is 24.3 Å². The predicted molar refractivity (Wildman–Crippen MR) is 90.0 cm³/mol. The lowest BCUT2D eigenvalue weighted by Crippen LogP contribution is -2.47. The van der Waals surface area contributed by atoms with Gasteiger partial charge in [0.2, 0.25) is 0 Å². The molecule has 3 N–H and O–H groups in total. The molecule has 0 spiro atoms. The Kier molecular flexibility index (Phi) is 4.49. The van der Waals surface area contributed by atoms with Crippen LogP contribution in [0.25, 0.3) is 22.2 Å². The van der Waals surface area contributed by atoms with Crippen molar-refractivity contribution in [1.82, 2.24) is 10.5 Å². The number of carboxylic acids is 1. The third kappa shape index (κ3) is 3.36. The average molecular weight is 340 g/mol. The molecule has 1 aromatic heterocycles. The number of aliphatic carboxylic acids is 1. The number of aliphatic hydroxyl groups is 1. The van der Waals surface area contributed by atoms with Crippen LogP contribution in [0, 0.1) is 0 Å². The lowest BCUT2D eigenvalue weighted by molar-refractivity contribution is -0.141. The molecule has 0 aliphatic carbocycles. The van der Waals surface area contributed by atoms with Gasteiger partial charge in [-0.3, -0.25) is 4.79 Å². The van der Waals surface area contributed by atoms with E-state index in [4.69, 9.17) is 9.63 Å². The van der Waals surface area contributed by atoms with Crippen LogP contribution in [0.2, 0.25) is 0 Å². The normalized spacial score (nSPS) is 13.4. The third-order valence-corrected chi connectivity index (χ3v) is 3.81. The molecule has 128 valence electrons. The maximum Gasteiger partial charge on any atom is 0.328 e. The summed E-state index contributed by atoms with van der Waals surface area (Å²) in [5.74, 6) is -1.38. The van der Waals surface area contributed by atoms with Gasteiger partial charge in [-0.15, -0.1) is 0 Å². The first-order chi connectivity index (χ1) is 12.0. The van der Waals surface area contributed by atoms with Gasteiger partial charge in [0.05, 0.1) is 11.5 Å². The van der Waals surface area contributed by atoms with E-state index in [0.717, 1.165) is 5.56 Å². The monoisotopic (exact) mass is 340 g/mol. The van der Waals surface area contributed by atoms with Crippen molar-refractivity contribution in [2.75, 3.05) is 0 Å². The molecule has 0 unspecified atom stereocenters. The van der Waals surface area contributed by atoms with Crippen molar-refractivity contribution in [2.45, 2.75) is 19.1 Å². The quantitative estimate of drug-likeness (QED) is 0.655. The number of aromatic nitrogens is 1. The van der Waals surface area contributed by atoms with E-state index in [1.807, 2.05) is 30.3 Å². The Morgan fingerprint density at radius 1 is 1.16 bits per heavy atom. The van der Waals surface area contributed by atoms with Gasteiger partial charge in [0.25, 0.3) is 5.91 Å². The van der Waals surface area contributed by atoms with Crippen LogP contribution in [-0.2, 0) is 4.79 Å². The molecular weight excluding hydrogens is 324 g/mol. The summed E-state index contributed by atoms with van der Waals surface area (Å²) < 4.78 is 5.38. The fourth-order valence-electron chi connectivity index (χ4n) is 2.49. The second-order valence-corrected chi connectivity index (χ2v) is 5.64. The first-order valence-electron chi connectivity index (χ1n) is 7.64. The maximum atomic E-state index is 12.3. The number of carboxylic acid groups (broad SMARTS) is 1. The van der Waals surface area contributed by atoms with E-state index in [2.05, 4.69) is 10.5 Å². The number of nitrogens with one attached hydrogen (secondary N) is 1. The number of carbonyl (C=O) groups is 2. The number of hydrogen-bond acceptors (Lipinski definition) is 5. The number of aliphatic hydroxyl groups excluding tert-OH is 1. The van der Waals surface area contributed by atoms with Gasteiger partial charge in [0.15, 0.2) is 11.8 Å². The number of benzene rings is 2. The molecule has 2 aromatic carbocycles. The summed E-state index contributed by atoms with van der Waals surface area (Å²) in [7, 11) is 0. The highest BCUT2D eigenvalue weighted by Gasteiger charge is 2.25. The molecule has 0 aliphatic heterocycles. The average Bonchev–Trinajstić information content (AvgIpc) is 3.02. The minimum Gasteiger partial charge on any atom is -0.480 e. The summed E-state index contributed by atoms with van der Waals surface area (Å²) in [6.07, 6.45) is -1.22. The Morgan fingerprint density at radius 3 is 2.52 bits per heavy atom. The van der Waals surface area contributed by atoms with Gasteiger partial charge in [0.1, 0.15) is 5.52 Å². The molecule has 0 radical (unpaired) electrons. The van der Waals surface area contributed by atoms with Gasteiger partial charge < -0.3 is 20.1 Å². The van der Waals surface area contributed by atoms with Crippen LogP contribution < -0.4 is 5.32 Å². The maximum absolute atomic E-state index is 12.3. The van der Waals surface area contributed by atoms with Gasteiger partial charge >= 0.3 is 5.97 Å². The Morgan fingerprint density at radius 2 is 1.88 bits per heavy atom. The smallest absolute Gasteiger partial charge is 0.328 e. The SMILES string of the molecule is C[C@@H](O)[C@@H](NC(=O)c1ccc2noc(-c3ccccc3)c2c1)C(=O)O. The molecule has 0 bridgehead atoms. The molecule has 25 heavy (non-hydrogen) atoms. The van der Waals surface area contributed by atoms with E-state index in [1.165, 1.54) is 13.0 Å². The van der Waals surface area contributed by atoms with Crippen molar-refractivity contribution in [3.8, 4) is 11.3 Å². The number of amides is 1. The van der Waals surface area contributed by atoms with Crippen LogP contribution in [0.5, 0.6) is 0 Å². The van der Waals surface area contributed by atoms with Gasteiger partial charge in [-0.05, 0) is 25.1 Å². The number of nitrogens with zero attached hydrogens (tertiary/aromatic N) is 1. The molecule has 1 heterocycles. The molecule has 1 amide bonds. The second-order valence-electron chi connectivity index (χ2n) is 5.64. The lowest BCUT2D eigenvalue weighted by atomic mass is 10.1. The summed E-state index contributed by atoms with van der Waals surface area (Å²) in [5, 5.41) is 25.5. The summed E-state index contributed by atoms with van der Waals surface area (Å²) in [6, 6.07) is 12.7. The molecule has 0 aliphatic rings. The van der Waals surface area contributed by atoms with Gasteiger partial charge in [0, 0.05) is 11.1 Å². The highest BCUT2D eigenvalue weighted by atomic mass is 16.5. The molecule has 0 saturated heterocycles. The number of rotatable bonds is 5. The van der Waals surface area contributed by atoms with Crippen molar-refractivity contribution >= 4 is 22.8 Å². The van der Waals surface area contributed by atoms with Crippen LogP contribution in [0.3, 0.4) is 0 Å². The van der Waals surface area contributed by atoms with Crippen molar-refractivity contribution in [3.05, 3.63) is 54.1 Å². The van der Waals surface area contributed by atoms with E-state index >= 15 is 0 Å². The lowest BCUT2D eigenvalue weighted by Gasteiger charge is -2.16. The van der Waals surface area contributed by atoms with E-state index in [-0.39, 0.29) is 5.56 Å². The predicted octanol–water partition coefficient (Wildman–Crippen LogP) is 2.06. The van der Waals surface area contributed by atoms with Crippen LogP contribution >= 0.6 is 0 Å². The second kappa shape index (κ2) is 6.74. The summed E-state index contributed by atoms with van der Waals surface area (Å²) in [5.41, 5.74) is 1.65. The molecular formula is C18H16N2O5. The Balaban J connectivity index is 1.95. The molecule has 3 rings (SSSR count). The third-order valence-electron chi connectivity index (χ3n) is 3.81. The van der Waals surface area contributed by atoms with Gasteiger partial charge in [-0.25, -0.2) is 4.79 Å². The minimum atomic E-state index is -1.39. The van der Waals surface area contributed by atoms with Crippen molar-refractivity contribution in [1.29, 1.82) is 0 Å². The standard InChI is InChI=1S/C18H16N2O5/c1-10(21)15(18(23)24)19-17(22)12-7-8-14-13(9-12)16(25-20-14)11-5-3-2-4-6-11/h2-10,15,21H,1H3,(H,19,22)(H,23,24)/t10-,15-/m1/s1. The number of hydrogen-bond donors (Lipinski definition) is 3. The molecule has 7 nitrogen and oxygen atoms in total. The topological polar surface area (TPSA) is 113 Å². The van der Waals surface area contributed by atoms with E-state index in [9.17, 15) is 14.7 Å².